The minimum atomic E-state index is -0.331. The first-order valence-electron chi connectivity index (χ1n) is 9.13. The van der Waals surface area contributed by atoms with Crippen molar-refractivity contribution >= 4 is 5.91 Å². The predicted molar refractivity (Wildman–Crippen MR) is 95.1 cm³/mol. The molecule has 1 spiro atoms. The monoisotopic (exact) mass is 356 g/mol. The van der Waals surface area contributed by atoms with Gasteiger partial charge in [0.2, 0.25) is 5.91 Å². The number of para-hydroxylation sites is 1. The summed E-state index contributed by atoms with van der Waals surface area (Å²) in [6.45, 7) is 5.07. The second-order valence-electron chi connectivity index (χ2n) is 7.05. The third kappa shape index (κ3) is 3.37. The third-order valence-corrected chi connectivity index (χ3v) is 5.20. The van der Waals surface area contributed by atoms with E-state index in [4.69, 9.17) is 9.47 Å². The van der Waals surface area contributed by atoms with E-state index in [9.17, 15) is 4.79 Å². The second kappa shape index (κ2) is 7.17. The van der Waals surface area contributed by atoms with Gasteiger partial charge in [-0.15, -0.1) is 5.10 Å². The summed E-state index contributed by atoms with van der Waals surface area (Å²) in [5, 5.41) is 8.46. The Bertz CT molecular complexity index is 763. The summed E-state index contributed by atoms with van der Waals surface area (Å²) < 4.78 is 13.3. The largest absolute Gasteiger partial charge is 0.378 e. The van der Waals surface area contributed by atoms with Crippen molar-refractivity contribution in [2.75, 3.05) is 32.9 Å². The van der Waals surface area contributed by atoms with Crippen LogP contribution in [0.2, 0.25) is 0 Å². The van der Waals surface area contributed by atoms with E-state index >= 15 is 0 Å². The van der Waals surface area contributed by atoms with Crippen LogP contribution in [0.4, 0.5) is 0 Å². The summed E-state index contributed by atoms with van der Waals surface area (Å²) in [7, 11) is 0. The average Bonchev–Trinajstić information content (AvgIpc) is 3.03. The Morgan fingerprint density at radius 1 is 1.27 bits per heavy atom. The normalized spacial score (nSPS) is 23.3. The van der Waals surface area contributed by atoms with Gasteiger partial charge < -0.3 is 14.4 Å². The summed E-state index contributed by atoms with van der Waals surface area (Å²) in [5.74, 6) is 0.0708. The number of aromatic nitrogens is 3. The van der Waals surface area contributed by atoms with E-state index in [1.54, 1.807) is 4.68 Å². The molecule has 3 heterocycles. The molecule has 0 saturated carbocycles. The number of amides is 1. The average molecular weight is 356 g/mol. The number of ether oxygens (including phenoxy) is 2. The van der Waals surface area contributed by atoms with Crippen LogP contribution in [0.5, 0.6) is 0 Å². The van der Waals surface area contributed by atoms with Gasteiger partial charge in [0.25, 0.3) is 0 Å². The molecule has 0 N–H and O–H groups in total. The Kier molecular flexibility index (Phi) is 4.74. The van der Waals surface area contributed by atoms with Gasteiger partial charge in [-0.1, -0.05) is 23.4 Å². The van der Waals surface area contributed by atoms with Gasteiger partial charge >= 0.3 is 0 Å². The lowest BCUT2D eigenvalue weighted by molar-refractivity contribution is -0.176. The molecule has 0 bridgehead atoms. The van der Waals surface area contributed by atoms with E-state index in [2.05, 4.69) is 10.3 Å². The van der Waals surface area contributed by atoms with Crippen LogP contribution in [-0.2, 0) is 20.7 Å². The highest BCUT2D eigenvalue weighted by atomic mass is 16.5. The molecule has 138 valence electrons. The van der Waals surface area contributed by atoms with Crippen LogP contribution >= 0.6 is 0 Å². The lowest BCUT2D eigenvalue weighted by atomic mass is 9.94. The fourth-order valence-corrected chi connectivity index (χ4v) is 3.72. The maximum absolute atomic E-state index is 12.8. The van der Waals surface area contributed by atoms with Gasteiger partial charge in [0.05, 0.1) is 43.3 Å². The molecule has 2 fully saturated rings. The van der Waals surface area contributed by atoms with Crippen molar-refractivity contribution in [3.8, 4) is 5.69 Å². The summed E-state index contributed by atoms with van der Waals surface area (Å²) in [4.78, 5) is 14.7. The lowest BCUT2D eigenvalue weighted by Gasteiger charge is -2.44. The first-order valence-corrected chi connectivity index (χ1v) is 9.13. The van der Waals surface area contributed by atoms with Crippen LogP contribution in [0.15, 0.2) is 30.3 Å². The van der Waals surface area contributed by atoms with Crippen molar-refractivity contribution in [3.05, 3.63) is 41.7 Å². The third-order valence-electron chi connectivity index (χ3n) is 5.20. The van der Waals surface area contributed by atoms with Crippen molar-refractivity contribution in [3.63, 3.8) is 0 Å². The molecule has 1 unspecified atom stereocenters. The molecule has 0 aliphatic carbocycles. The van der Waals surface area contributed by atoms with Gasteiger partial charge in [0.15, 0.2) is 0 Å². The van der Waals surface area contributed by atoms with Crippen molar-refractivity contribution in [2.45, 2.75) is 31.8 Å². The minimum Gasteiger partial charge on any atom is -0.378 e. The quantitative estimate of drug-likeness (QED) is 0.834. The Morgan fingerprint density at radius 3 is 2.88 bits per heavy atom. The number of benzene rings is 1. The molecule has 2 saturated heterocycles. The SMILES string of the molecule is Cc1c(CC(=O)N2CCOC3(CCCOC3)C2)nnn1-c1ccccc1. The van der Waals surface area contributed by atoms with E-state index in [-0.39, 0.29) is 17.9 Å². The van der Waals surface area contributed by atoms with Crippen LogP contribution in [-0.4, -0.2) is 64.3 Å². The molecule has 1 aromatic carbocycles. The minimum absolute atomic E-state index is 0.0708. The van der Waals surface area contributed by atoms with Crippen molar-refractivity contribution in [2.24, 2.45) is 0 Å². The topological polar surface area (TPSA) is 69.5 Å². The number of morpholine rings is 1. The number of hydrogen-bond acceptors (Lipinski definition) is 5. The highest BCUT2D eigenvalue weighted by Crippen LogP contribution is 2.28. The molecule has 2 aromatic rings. The number of hydrogen-bond donors (Lipinski definition) is 0. The molecule has 4 rings (SSSR count). The Labute approximate surface area is 152 Å². The van der Waals surface area contributed by atoms with Gasteiger partial charge in [0, 0.05) is 13.2 Å². The number of carbonyl (C=O) groups excluding carboxylic acids is 1. The van der Waals surface area contributed by atoms with Gasteiger partial charge in [0.1, 0.15) is 5.60 Å². The zero-order valence-corrected chi connectivity index (χ0v) is 15.1. The van der Waals surface area contributed by atoms with E-state index in [0.29, 0.717) is 26.3 Å². The maximum Gasteiger partial charge on any atom is 0.228 e. The maximum atomic E-state index is 12.8. The van der Waals surface area contributed by atoms with E-state index in [1.165, 1.54) is 0 Å². The van der Waals surface area contributed by atoms with Crippen molar-refractivity contribution in [1.82, 2.24) is 19.9 Å². The summed E-state index contributed by atoms with van der Waals surface area (Å²) in [5.41, 5.74) is 2.23. The van der Waals surface area contributed by atoms with Crippen LogP contribution in [0, 0.1) is 6.92 Å². The molecule has 2 aliphatic heterocycles. The zero-order valence-electron chi connectivity index (χ0n) is 15.1. The molecular formula is C19H24N4O3. The van der Waals surface area contributed by atoms with E-state index in [1.807, 2.05) is 42.2 Å². The highest BCUT2D eigenvalue weighted by molar-refractivity contribution is 5.78. The second-order valence-corrected chi connectivity index (χ2v) is 7.05. The molecule has 7 heteroatoms. The van der Waals surface area contributed by atoms with Crippen LogP contribution in [0.25, 0.3) is 5.69 Å². The molecule has 1 amide bonds. The molecule has 1 atom stereocenters. The highest BCUT2D eigenvalue weighted by Gasteiger charge is 2.40. The smallest absolute Gasteiger partial charge is 0.228 e. The standard InChI is InChI=1S/C19H24N4O3/c1-15-17(20-21-23(15)16-6-3-2-4-7-16)12-18(24)22-9-11-26-19(13-22)8-5-10-25-14-19/h2-4,6-7H,5,8-14H2,1H3. The molecule has 2 aliphatic rings. The molecule has 7 nitrogen and oxygen atoms in total. The fraction of sp³-hybridized carbons (Fsp3) is 0.526. The van der Waals surface area contributed by atoms with Gasteiger partial charge in [-0.05, 0) is 31.9 Å². The fourth-order valence-electron chi connectivity index (χ4n) is 3.72. The first-order chi connectivity index (χ1) is 12.7. The van der Waals surface area contributed by atoms with Crippen LogP contribution in [0.1, 0.15) is 24.2 Å². The van der Waals surface area contributed by atoms with Gasteiger partial charge in [-0.2, -0.15) is 0 Å². The first kappa shape index (κ1) is 17.2. The zero-order chi connectivity index (χ0) is 18.0. The molecular weight excluding hydrogens is 332 g/mol. The van der Waals surface area contributed by atoms with Crippen LogP contribution in [0.3, 0.4) is 0 Å². The summed E-state index contributed by atoms with van der Waals surface area (Å²) in [6.07, 6.45) is 2.18. The molecule has 0 radical (unpaired) electrons. The van der Waals surface area contributed by atoms with Crippen molar-refractivity contribution in [1.29, 1.82) is 0 Å². The number of rotatable bonds is 3. The van der Waals surface area contributed by atoms with Gasteiger partial charge in [-0.25, -0.2) is 4.68 Å². The van der Waals surface area contributed by atoms with E-state index < -0.39 is 0 Å². The van der Waals surface area contributed by atoms with Crippen LogP contribution < -0.4 is 0 Å². The summed E-state index contributed by atoms with van der Waals surface area (Å²) >= 11 is 0. The summed E-state index contributed by atoms with van der Waals surface area (Å²) in [6, 6.07) is 9.83. The number of carbonyl (C=O) groups is 1. The predicted octanol–water partition coefficient (Wildman–Crippen LogP) is 1.53. The number of nitrogens with zero attached hydrogens (tertiary/aromatic N) is 4. The Balaban J connectivity index is 1.46. The lowest BCUT2D eigenvalue weighted by Crippen LogP contribution is -2.57. The molecule has 1 aromatic heterocycles. The van der Waals surface area contributed by atoms with Crippen molar-refractivity contribution < 1.29 is 14.3 Å². The Hall–Kier alpha value is -2.25. The van der Waals surface area contributed by atoms with Gasteiger partial charge in [-0.3, -0.25) is 4.79 Å². The molecule has 26 heavy (non-hydrogen) atoms. The van der Waals surface area contributed by atoms with E-state index in [0.717, 1.165) is 36.5 Å². The Morgan fingerprint density at radius 2 is 2.12 bits per heavy atom.